The molecule has 0 spiro atoms. The second kappa shape index (κ2) is 5.36. The van der Waals surface area contributed by atoms with Gasteiger partial charge < -0.3 is 10.6 Å². The molecule has 1 aromatic carbocycles. The monoisotopic (exact) mass is 255 g/mol. The molecule has 4 heteroatoms. The van der Waals surface area contributed by atoms with Crippen LogP contribution in [0.15, 0.2) is 36.5 Å². The van der Waals surface area contributed by atoms with Crippen molar-refractivity contribution in [2.24, 2.45) is 0 Å². The van der Waals surface area contributed by atoms with Crippen LogP contribution in [0.4, 0.5) is 0 Å². The van der Waals surface area contributed by atoms with Crippen molar-refractivity contribution in [3.8, 4) is 0 Å². The number of nitrogens with zero attached hydrogens (tertiary/aromatic N) is 1. The van der Waals surface area contributed by atoms with Crippen molar-refractivity contribution >= 4 is 16.8 Å². The minimum Gasteiger partial charge on any atom is -0.350 e. The van der Waals surface area contributed by atoms with E-state index in [2.05, 4.69) is 15.6 Å². The third kappa shape index (κ3) is 2.74. The summed E-state index contributed by atoms with van der Waals surface area (Å²) in [5.74, 6) is -0.0144. The first-order valence-corrected chi connectivity index (χ1v) is 6.69. The lowest BCUT2D eigenvalue weighted by molar-refractivity contribution is 0.0950. The fourth-order valence-electron chi connectivity index (χ4n) is 2.47. The Morgan fingerprint density at radius 3 is 3.21 bits per heavy atom. The van der Waals surface area contributed by atoms with Gasteiger partial charge in [-0.15, -0.1) is 0 Å². The number of amides is 1. The van der Waals surface area contributed by atoms with E-state index in [0.29, 0.717) is 18.2 Å². The Bertz CT molecular complexity index is 591. The van der Waals surface area contributed by atoms with Crippen molar-refractivity contribution in [2.45, 2.75) is 18.9 Å². The van der Waals surface area contributed by atoms with Gasteiger partial charge in [-0.1, -0.05) is 6.07 Å². The molecule has 1 saturated heterocycles. The lowest BCUT2D eigenvalue weighted by atomic mass is 10.1. The third-order valence-electron chi connectivity index (χ3n) is 3.54. The Labute approximate surface area is 112 Å². The summed E-state index contributed by atoms with van der Waals surface area (Å²) in [6, 6.07) is 9.88. The first-order valence-electron chi connectivity index (χ1n) is 6.69. The summed E-state index contributed by atoms with van der Waals surface area (Å²) in [6.07, 6.45) is 4.10. The Morgan fingerprint density at radius 2 is 2.37 bits per heavy atom. The standard InChI is InChI=1S/C15H17N3O/c19-15(18-10-13-4-2-7-16-13)12-5-6-14-11(9-12)3-1-8-17-14/h1,3,5-6,8-9,13,16H,2,4,7,10H2,(H,18,19). The minimum absolute atomic E-state index is 0.0144. The fraction of sp³-hybridized carbons (Fsp3) is 0.333. The van der Waals surface area contributed by atoms with Crippen LogP contribution < -0.4 is 10.6 Å². The molecule has 19 heavy (non-hydrogen) atoms. The predicted octanol–water partition coefficient (Wildman–Crippen LogP) is 1.72. The molecule has 1 aliphatic heterocycles. The fourth-order valence-corrected chi connectivity index (χ4v) is 2.47. The van der Waals surface area contributed by atoms with Crippen molar-refractivity contribution in [3.05, 3.63) is 42.1 Å². The van der Waals surface area contributed by atoms with E-state index < -0.39 is 0 Å². The summed E-state index contributed by atoms with van der Waals surface area (Å²) in [5.41, 5.74) is 1.61. The van der Waals surface area contributed by atoms with Gasteiger partial charge in [-0.2, -0.15) is 0 Å². The van der Waals surface area contributed by atoms with Gasteiger partial charge in [-0.3, -0.25) is 9.78 Å². The number of hydrogen-bond acceptors (Lipinski definition) is 3. The van der Waals surface area contributed by atoms with E-state index >= 15 is 0 Å². The Kier molecular flexibility index (Phi) is 3.42. The largest absolute Gasteiger partial charge is 0.350 e. The van der Waals surface area contributed by atoms with E-state index in [-0.39, 0.29) is 5.91 Å². The Hall–Kier alpha value is -1.94. The number of pyridine rings is 1. The van der Waals surface area contributed by atoms with Crippen molar-refractivity contribution in [1.82, 2.24) is 15.6 Å². The molecule has 0 bridgehead atoms. The summed E-state index contributed by atoms with van der Waals surface area (Å²) < 4.78 is 0. The van der Waals surface area contributed by atoms with Crippen LogP contribution in [-0.2, 0) is 0 Å². The average molecular weight is 255 g/mol. The van der Waals surface area contributed by atoms with Gasteiger partial charge in [0.05, 0.1) is 5.52 Å². The van der Waals surface area contributed by atoms with Crippen molar-refractivity contribution in [3.63, 3.8) is 0 Å². The number of hydrogen-bond donors (Lipinski definition) is 2. The van der Waals surface area contributed by atoms with Gasteiger partial charge in [-0.25, -0.2) is 0 Å². The molecule has 1 aromatic heterocycles. The van der Waals surface area contributed by atoms with E-state index in [4.69, 9.17) is 0 Å². The number of carbonyl (C=O) groups excluding carboxylic acids is 1. The molecule has 0 aliphatic carbocycles. The predicted molar refractivity (Wildman–Crippen MR) is 75.1 cm³/mol. The minimum atomic E-state index is -0.0144. The average Bonchev–Trinajstić information content (AvgIpc) is 2.97. The van der Waals surface area contributed by atoms with Crippen LogP contribution in [-0.4, -0.2) is 30.0 Å². The molecule has 1 fully saturated rings. The number of nitrogens with one attached hydrogen (secondary N) is 2. The van der Waals surface area contributed by atoms with Crippen LogP contribution in [0.25, 0.3) is 10.9 Å². The zero-order valence-electron chi connectivity index (χ0n) is 10.7. The number of aromatic nitrogens is 1. The molecule has 2 heterocycles. The highest BCUT2D eigenvalue weighted by Crippen LogP contribution is 2.13. The maximum absolute atomic E-state index is 12.1. The van der Waals surface area contributed by atoms with Crippen LogP contribution in [0.2, 0.25) is 0 Å². The van der Waals surface area contributed by atoms with Gasteiger partial charge in [0.15, 0.2) is 0 Å². The summed E-state index contributed by atoms with van der Waals surface area (Å²) in [4.78, 5) is 16.3. The second-order valence-electron chi connectivity index (χ2n) is 4.91. The number of fused-ring (bicyclic) bond motifs is 1. The smallest absolute Gasteiger partial charge is 0.251 e. The number of carbonyl (C=O) groups is 1. The van der Waals surface area contributed by atoms with Crippen LogP contribution in [0.1, 0.15) is 23.2 Å². The van der Waals surface area contributed by atoms with Gasteiger partial charge in [0.1, 0.15) is 0 Å². The van der Waals surface area contributed by atoms with Gasteiger partial charge in [0.2, 0.25) is 0 Å². The lowest BCUT2D eigenvalue weighted by Crippen LogP contribution is -2.37. The summed E-state index contributed by atoms with van der Waals surface area (Å²) in [7, 11) is 0. The lowest BCUT2D eigenvalue weighted by Gasteiger charge is -2.11. The van der Waals surface area contributed by atoms with E-state index in [1.165, 1.54) is 6.42 Å². The molecule has 0 radical (unpaired) electrons. The highest BCUT2D eigenvalue weighted by atomic mass is 16.1. The molecule has 4 nitrogen and oxygen atoms in total. The summed E-state index contributed by atoms with van der Waals surface area (Å²) in [6.45, 7) is 1.76. The van der Waals surface area contributed by atoms with Gasteiger partial charge >= 0.3 is 0 Å². The molecular weight excluding hydrogens is 238 g/mol. The van der Waals surface area contributed by atoms with Crippen LogP contribution in [0.5, 0.6) is 0 Å². The van der Waals surface area contributed by atoms with Crippen molar-refractivity contribution in [1.29, 1.82) is 0 Å². The summed E-state index contributed by atoms with van der Waals surface area (Å²) in [5, 5.41) is 7.35. The quantitative estimate of drug-likeness (QED) is 0.878. The normalized spacial score (nSPS) is 18.6. The zero-order valence-corrected chi connectivity index (χ0v) is 10.7. The van der Waals surface area contributed by atoms with Crippen LogP contribution in [0, 0.1) is 0 Å². The third-order valence-corrected chi connectivity index (χ3v) is 3.54. The van der Waals surface area contributed by atoms with Crippen molar-refractivity contribution < 1.29 is 4.79 Å². The van der Waals surface area contributed by atoms with Gasteiger partial charge in [0.25, 0.3) is 5.91 Å². The van der Waals surface area contributed by atoms with Gasteiger partial charge in [-0.05, 0) is 43.7 Å². The molecule has 1 atom stereocenters. The molecule has 98 valence electrons. The molecule has 1 aliphatic rings. The maximum atomic E-state index is 12.1. The van der Waals surface area contributed by atoms with E-state index in [1.807, 2.05) is 30.3 Å². The zero-order chi connectivity index (χ0) is 13.1. The SMILES string of the molecule is O=C(NCC1CCCN1)c1ccc2ncccc2c1. The topological polar surface area (TPSA) is 54.0 Å². The Morgan fingerprint density at radius 1 is 1.42 bits per heavy atom. The highest BCUT2D eigenvalue weighted by Gasteiger charge is 2.15. The molecule has 1 amide bonds. The number of benzene rings is 1. The van der Waals surface area contributed by atoms with E-state index in [9.17, 15) is 4.79 Å². The summed E-state index contributed by atoms with van der Waals surface area (Å²) >= 11 is 0. The van der Waals surface area contributed by atoms with Crippen LogP contribution in [0.3, 0.4) is 0 Å². The molecule has 0 saturated carbocycles. The molecule has 2 N–H and O–H groups in total. The van der Waals surface area contributed by atoms with Crippen molar-refractivity contribution in [2.75, 3.05) is 13.1 Å². The molecule has 3 rings (SSSR count). The van der Waals surface area contributed by atoms with E-state index in [1.54, 1.807) is 6.20 Å². The highest BCUT2D eigenvalue weighted by molar-refractivity contribution is 5.97. The Balaban J connectivity index is 1.70. The van der Waals surface area contributed by atoms with Gasteiger partial charge in [0, 0.05) is 29.7 Å². The maximum Gasteiger partial charge on any atom is 0.251 e. The van der Waals surface area contributed by atoms with Crippen LogP contribution >= 0.6 is 0 Å². The van der Waals surface area contributed by atoms with E-state index in [0.717, 1.165) is 23.9 Å². The molecule has 2 aromatic rings. The second-order valence-corrected chi connectivity index (χ2v) is 4.91. The first kappa shape index (κ1) is 12.1. The first-order chi connectivity index (χ1) is 9.33. The number of rotatable bonds is 3. The molecular formula is C15H17N3O. The molecule has 1 unspecified atom stereocenters.